The lowest BCUT2D eigenvalue weighted by molar-refractivity contribution is 0.116. The third kappa shape index (κ3) is 1.37. The minimum absolute atomic E-state index is 0.112. The fourth-order valence-electron chi connectivity index (χ4n) is 2.27. The summed E-state index contributed by atoms with van der Waals surface area (Å²) < 4.78 is 0. The predicted octanol–water partition coefficient (Wildman–Crippen LogP) is -0.198. The van der Waals surface area contributed by atoms with E-state index in [-0.39, 0.29) is 6.10 Å². The van der Waals surface area contributed by atoms with Crippen LogP contribution in [0.2, 0.25) is 0 Å². The van der Waals surface area contributed by atoms with E-state index in [2.05, 4.69) is 24.1 Å². The standard InChI is InChI=1S/C9H18N2O/c1-6(2)11-4-7-3-9(12)8(5-11)10-7/h6-10,12H,3-5H2,1-2H3/t7-,8-,9+/m1/s1. The molecule has 0 aromatic rings. The van der Waals surface area contributed by atoms with E-state index >= 15 is 0 Å². The first-order valence-corrected chi connectivity index (χ1v) is 4.85. The van der Waals surface area contributed by atoms with Crippen molar-refractivity contribution in [2.45, 2.75) is 44.5 Å². The summed E-state index contributed by atoms with van der Waals surface area (Å²) in [5, 5.41) is 13.0. The van der Waals surface area contributed by atoms with Crippen molar-refractivity contribution >= 4 is 0 Å². The Hall–Kier alpha value is -0.120. The molecule has 0 aromatic carbocycles. The van der Waals surface area contributed by atoms with Gasteiger partial charge >= 0.3 is 0 Å². The molecule has 2 N–H and O–H groups in total. The number of piperazine rings is 1. The van der Waals surface area contributed by atoms with Crippen molar-refractivity contribution in [2.24, 2.45) is 0 Å². The summed E-state index contributed by atoms with van der Waals surface area (Å²) in [6.07, 6.45) is 0.826. The average molecular weight is 170 g/mol. The summed E-state index contributed by atoms with van der Waals surface area (Å²) in [7, 11) is 0. The van der Waals surface area contributed by atoms with Crippen LogP contribution in [0.15, 0.2) is 0 Å². The monoisotopic (exact) mass is 170 g/mol. The summed E-state index contributed by atoms with van der Waals surface area (Å²) in [4.78, 5) is 2.45. The van der Waals surface area contributed by atoms with Crippen molar-refractivity contribution in [2.75, 3.05) is 13.1 Å². The van der Waals surface area contributed by atoms with Gasteiger partial charge in [-0.1, -0.05) is 0 Å². The quantitative estimate of drug-likeness (QED) is 0.572. The van der Waals surface area contributed by atoms with Gasteiger partial charge in [-0.25, -0.2) is 0 Å². The first-order chi connectivity index (χ1) is 5.66. The Bertz CT molecular complexity index is 170. The van der Waals surface area contributed by atoms with Gasteiger partial charge in [0.1, 0.15) is 0 Å². The summed E-state index contributed by atoms with van der Waals surface area (Å²) in [6, 6.07) is 1.47. The number of nitrogens with zero attached hydrogens (tertiary/aromatic N) is 1. The summed E-state index contributed by atoms with van der Waals surface area (Å²) in [5.74, 6) is 0. The van der Waals surface area contributed by atoms with E-state index in [1.54, 1.807) is 0 Å². The van der Waals surface area contributed by atoms with Crippen LogP contribution in [0.5, 0.6) is 0 Å². The zero-order valence-corrected chi connectivity index (χ0v) is 7.83. The van der Waals surface area contributed by atoms with Crippen molar-refractivity contribution in [1.82, 2.24) is 10.2 Å². The molecule has 3 atom stereocenters. The molecule has 0 radical (unpaired) electrons. The van der Waals surface area contributed by atoms with Gasteiger partial charge in [-0.05, 0) is 20.3 Å². The van der Waals surface area contributed by atoms with Crippen molar-refractivity contribution < 1.29 is 5.11 Å². The molecular weight excluding hydrogens is 152 g/mol. The fraction of sp³-hybridized carbons (Fsp3) is 1.00. The second-order valence-corrected chi connectivity index (χ2v) is 4.32. The highest BCUT2D eigenvalue weighted by Crippen LogP contribution is 2.21. The number of aliphatic hydroxyl groups is 1. The SMILES string of the molecule is CC(C)N1C[C@H]2C[C@H](O)[C@@H](C1)N2. The topological polar surface area (TPSA) is 35.5 Å². The van der Waals surface area contributed by atoms with E-state index in [0.29, 0.717) is 18.1 Å². The normalized spacial score (nSPS) is 42.5. The van der Waals surface area contributed by atoms with E-state index < -0.39 is 0 Å². The summed E-state index contributed by atoms with van der Waals surface area (Å²) in [5.41, 5.74) is 0. The highest BCUT2D eigenvalue weighted by atomic mass is 16.3. The molecule has 2 aliphatic heterocycles. The molecule has 12 heavy (non-hydrogen) atoms. The molecule has 2 heterocycles. The van der Waals surface area contributed by atoms with E-state index in [0.717, 1.165) is 19.5 Å². The molecule has 0 unspecified atom stereocenters. The van der Waals surface area contributed by atoms with Crippen molar-refractivity contribution in [3.8, 4) is 0 Å². The Kier molecular flexibility index (Phi) is 2.10. The molecule has 0 saturated carbocycles. The third-order valence-electron chi connectivity index (χ3n) is 3.06. The second kappa shape index (κ2) is 2.98. The predicted molar refractivity (Wildman–Crippen MR) is 48.0 cm³/mol. The fourth-order valence-corrected chi connectivity index (χ4v) is 2.27. The number of nitrogens with one attached hydrogen (secondary N) is 1. The number of likely N-dealkylation sites (tertiary alicyclic amines) is 1. The highest BCUT2D eigenvalue weighted by molar-refractivity contribution is 4.98. The Morgan fingerprint density at radius 2 is 2.17 bits per heavy atom. The highest BCUT2D eigenvalue weighted by Gasteiger charge is 2.38. The van der Waals surface area contributed by atoms with Crippen LogP contribution >= 0.6 is 0 Å². The van der Waals surface area contributed by atoms with Gasteiger partial charge in [-0.3, -0.25) is 4.90 Å². The second-order valence-electron chi connectivity index (χ2n) is 4.32. The summed E-state index contributed by atoms with van der Waals surface area (Å²) in [6.45, 7) is 6.55. The van der Waals surface area contributed by atoms with Crippen molar-refractivity contribution in [3.05, 3.63) is 0 Å². The van der Waals surface area contributed by atoms with Gasteiger partial charge in [0, 0.05) is 31.2 Å². The lowest BCUT2D eigenvalue weighted by Gasteiger charge is -2.35. The maximum absolute atomic E-state index is 9.61. The van der Waals surface area contributed by atoms with Crippen LogP contribution < -0.4 is 5.32 Å². The molecular formula is C9H18N2O. The van der Waals surface area contributed by atoms with Crippen LogP contribution in [0.4, 0.5) is 0 Å². The molecule has 3 heteroatoms. The number of hydrogen-bond acceptors (Lipinski definition) is 3. The van der Waals surface area contributed by atoms with Crippen LogP contribution in [0, 0.1) is 0 Å². The Labute approximate surface area is 73.8 Å². The van der Waals surface area contributed by atoms with E-state index in [1.807, 2.05) is 0 Å². The number of rotatable bonds is 1. The Morgan fingerprint density at radius 3 is 2.75 bits per heavy atom. The van der Waals surface area contributed by atoms with Crippen molar-refractivity contribution in [1.29, 1.82) is 0 Å². The third-order valence-corrected chi connectivity index (χ3v) is 3.06. The van der Waals surface area contributed by atoms with E-state index in [9.17, 15) is 5.11 Å². The first-order valence-electron chi connectivity index (χ1n) is 4.85. The van der Waals surface area contributed by atoms with Crippen LogP contribution in [0.1, 0.15) is 20.3 Å². The molecule has 0 spiro atoms. The van der Waals surface area contributed by atoms with Gasteiger partial charge in [-0.2, -0.15) is 0 Å². The maximum atomic E-state index is 9.61. The zero-order valence-electron chi connectivity index (χ0n) is 7.83. The molecule has 2 bridgehead atoms. The molecule has 0 aliphatic carbocycles. The van der Waals surface area contributed by atoms with Gasteiger partial charge in [0.25, 0.3) is 0 Å². The van der Waals surface area contributed by atoms with E-state index in [1.165, 1.54) is 0 Å². The smallest absolute Gasteiger partial charge is 0.0721 e. The van der Waals surface area contributed by atoms with Gasteiger partial charge < -0.3 is 10.4 Å². The van der Waals surface area contributed by atoms with Gasteiger partial charge in [0.2, 0.25) is 0 Å². The molecule has 0 amide bonds. The van der Waals surface area contributed by atoms with Crippen LogP contribution in [-0.2, 0) is 0 Å². The lowest BCUT2D eigenvalue weighted by atomic mass is 10.2. The van der Waals surface area contributed by atoms with Crippen molar-refractivity contribution in [3.63, 3.8) is 0 Å². The zero-order chi connectivity index (χ0) is 8.72. The van der Waals surface area contributed by atoms with Crippen LogP contribution in [0.25, 0.3) is 0 Å². The molecule has 0 aromatic heterocycles. The first kappa shape index (κ1) is 8.48. The largest absolute Gasteiger partial charge is 0.391 e. The number of aliphatic hydroxyl groups excluding tert-OH is 1. The molecule has 2 saturated heterocycles. The van der Waals surface area contributed by atoms with Gasteiger partial charge in [0.15, 0.2) is 0 Å². The van der Waals surface area contributed by atoms with E-state index in [4.69, 9.17) is 0 Å². The number of hydrogen-bond donors (Lipinski definition) is 2. The van der Waals surface area contributed by atoms with Gasteiger partial charge in [-0.15, -0.1) is 0 Å². The minimum atomic E-state index is -0.112. The van der Waals surface area contributed by atoms with Gasteiger partial charge in [0.05, 0.1) is 6.10 Å². The average Bonchev–Trinajstić information content (AvgIpc) is 2.26. The maximum Gasteiger partial charge on any atom is 0.0721 e. The minimum Gasteiger partial charge on any atom is -0.391 e. The van der Waals surface area contributed by atoms with Crippen LogP contribution in [-0.4, -0.2) is 47.3 Å². The molecule has 2 rings (SSSR count). The lowest BCUT2D eigenvalue weighted by Crippen LogP contribution is -2.54. The Morgan fingerprint density at radius 1 is 1.42 bits per heavy atom. The van der Waals surface area contributed by atoms with Crippen LogP contribution in [0.3, 0.4) is 0 Å². The number of fused-ring (bicyclic) bond motifs is 2. The Balaban J connectivity index is 2.01. The molecule has 70 valence electrons. The molecule has 2 fully saturated rings. The molecule has 3 nitrogen and oxygen atoms in total. The summed E-state index contributed by atoms with van der Waals surface area (Å²) >= 11 is 0. The molecule has 2 aliphatic rings.